The van der Waals surface area contributed by atoms with Crippen molar-refractivity contribution in [3.63, 3.8) is 0 Å². The molecule has 8 heavy (non-hydrogen) atoms. The summed E-state index contributed by atoms with van der Waals surface area (Å²) in [6.45, 7) is 1.74. The van der Waals surface area contributed by atoms with Gasteiger partial charge in [0.2, 0.25) is 0 Å². The first-order chi connectivity index (χ1) is 3.83. The fourth-order valence-corrected chi connectivity index (χ4v) is 0.441. The van der Waals surface area contributed by atoms with Crippen LogP contribution in [0.25, 0.3) is 0 Å². The van der Waals surface area contributed by atoms with Gasteiger partial charge in [0, 0.05) is 6.07 Å². The van der Waals surface area contributed by atoms with Crippen LogP contribution in [0.3, 0.4) is 0 Å². The van der Waals surface area contributed by atoms with Crippen LogP contribution in [0.1, 0.15) is 16.2 Å². The number of carbonyl (C=O) groups is 1. The zero-order valence-corrected chi connectivity index (χ0v) is 4.42. The van der Waals surface area contributed by atoms with Gasteiger partial charge in [-0.25, -0.2) is 0 Å². The Hall–Kier alpha value is -1.12. The van der Waals surface area contributed by atoms with Crippen LogP contribution >= 0.6 is 0 Å². The molecule has 0 saturated carbocycles. The molecule has 3 heteroatoms. The van der Waals surface area contributed by atoms with Crippen LogP contribution in [0.5, 0.6) is 0 Å². The van der Waals surface area contributed by atoms with Gasteiger partial charge in [-0.05, 0) is 6.92 Å². The molecular weight excluding hydrogens is 106 g/mol. The third-order valence-corrected chi connectivity index (χ3v) is 0.767. The number of aromatic nitrogens is 1. The van der Waals surface area contributed by atoms with E-state index in [-0.39, 0.29) is 0 Å². The molecule has 1 aromatic rings. The lowest BCUT2D eigenvalue weighted by molar-refractivity contribution is 0.111. The molecule has 0 aliphatic heterocycles. The number of carbonyl (C=O) groups excluding carboxylic acids is 1. The molecule has 0 fully saturated rings. The number of hydrogen-bond donors (Lipinski definition) is 0. The van der Waals surface area contributed by atoms with Gasteiger partial charge in [0.15, 0.2) is 6.29 Å². The lowest BCUT2D eigenvalue weighted by Crippen LogP contribution is -1.72. The third kappa shape index (κ3) is 0.753. The Morgan fingerprint density at radius 3 is 2.88 bits per heavy atom. The van der Waals surface area contributed by atoms with Crippen molar-refractivity contribution < 1.29 is 9.32 Å². The Kier molecular flexibility index (Phi) is 1.12. The van der Waals surface area contributed by atoms with Crippen LogP contribution in [0, 0.1) is 6.92 Å². The summed E-state index contributed by atoms with van der Waals surface area (Å²) in [6.07, 6.45) is 0.649. The summed E-state index contributed by atoms with van der Waals surface area (Å²) in [6, 6.07) is 1.58. The fraction of sp³-hybridized carbons (Fsp3) is 0.200. The molecule has 1 heterocycles. The van der Waals surface area contributed by atoms with Crippen molar-refractivity contribution in [1.82, 2.24) is 5.16 Å². The van der Waals surface area contributed by atoms with Gasteiger partial charge in [-0.1, -0.05) is 5.16 Å². The zero-order valence-electron chi connectivity index (χ0n) is 4.42. The molecule has 0 aliphatic carbocycles. The number of rotatable bonds is 1. The smallest absolute Gasteiger partial charge is 0.171 e. The van der Waals surface area contributed by atoms with Gasteiger partial charge in [-0.3, -0.25) is 4.79 Å². The summed E-state index contributed by atoms with van der Waals surface area (Å²) < 4.78 is 4.57. The second-order valence-corrected chi connectivity index (χ2v) is 1.48. The van der Waals surface area contributed by atoms with Crippen molar-refractivity contribution >= 4 is 6.29 Å². The van der Waals surface area contributed by atoms with Gasteiger partial charge in [0.25, 0.3) is 0 Å². The number of hydrogen-bond acceptors (Lipinski definition) is 3. The second kappa shape index (κ2) is 1.78. The highest BCUT2D eigenvalue weighted by Crippen LogP contribution is 1.96. The van der Waals surface area contributed by atoms with Crippen molar-refractivity contribution in [2.45, 2.75) is 6.92 Å². The Bertz CT molecular complexity index is 192. The number of aldehydes is 1. The summed E-state index contributed by atoms with van der Waals surface area (Å²) in [5, 5.41) is 3.39. The van der Waals surface area contributed by atoms with E-state index in [0.717, 1.165) is 0 Å². The van der Waals surface area contributed by atoms with E-state index in [0.29, 0.717) is 17.7 Å². The Labute approximate surface area is 46.3 Å². The normalized spacial score (nSPS) is 9.12. The minimum atomic E-state index is 0.350. The van der Waals surface area contributed by atoms with Gasteiger partial charge < -0.3 is 4.52 Å². The maximum Gasteiger partial charge on any atom is 0.171 e. The van der Waals surface area contributed by atoms with Crippen molar-refractivity contribution in [2.24, 2.45) is 0 Å². The van der Waals surface area contributed by atoms with Crippen molar-refractivity contribution in [3.05, 3.63) is 17.5 Å². The van der Waals surface area contributed by atoms with Gasteiger partial charge in [0.05, 0.1) is 0 Å². The van der Waals surface area contributed by atoms with E-state index in [4.69, 9.17) is 0 Å². The highest BCUT2D eigenvalue weighted by molar-refractivity contribution is 5.71. The molecule has 0 aliphatic rings. The summed E-state index contributed by atoms with van der Waals surface area (Å²) in [5.41, 5.74) is 0.350. The highest BCUT2D eigenvalue weighted by Gasteiger charge is 1.93. The zero-order chi connectivity index (χ0) is 5.98. The lowest BCUT2D eigenvalue weighted by Gasteiger charge is -1.65. The maximum atomic E-state index is 9.90. The minimum absolute atomic E-state index is 0.350. The molecule has 0 atom stereocenters. The largest absolute Gasteiger partial charge is 0.361 e. The quantitative estimate of drug-likeness (QED) is 0.503. The predicted molar refractivity (Wildman–Crippen MR) is 26.6 cm³/mol. The average molecular weight is 111 g/mol. The molecule has 42 valence electrons. The topological polar surface area (TPSA) is 43.1 Å². The number of nitrogens with zero attached hydrogens (tertiary/aromatic N) is 1. The van der Waals surface area contributed by atoms with E-state index in [9.17, 15) is 4.79 Å². The second-order valence-electron chi connectivity index (χ2n) is 1.48. The molecular formula is C5H5NO2. The predicted octanol–water partition coefficient (Wildman–Crippen LogP) is 0.796. The molecule has 3 nitrogen and oxygen atoms in total. The van der Waals surface area contributed by atoms with Crippen LogP contribution in [0.2, 0.25) is 0 Å². The first-order valence-corrected chi connectivity index (χ1v) is 2.21. The van der Waals surface area contributed by atoms with Crippen LogP contribution in [0.15, 0.2) is 10.6 Å². The van der Waals surface area contributed by atoms with E-state index >= 15 is 0 Å². The fourth-order valence-electron chi connectivity index (χ4n) is 0.441. The Morgan fingerprint density at radius 2 is 2.62 bits per heavy atom. The SMILES string of the molecule is Cc1cc(C=O)no1. The average Bonchev–Trinajstić information content (AvgIpc) is 2.14. The summed E-state index contributed by atoms with van der Waals surface area (Å²) in [7, 11) is 0. The van der Waals surface area contributed by atoms with E-state index in [1.807, 2.05) is 0 Å². The molecule has 0 saturated heterocycles. The molecule has 0 aromatic carbocycles. The van der Waals surface area contributed by atoms with Crippen LogP contribution in [-0.2, 0) is 0 Å². The molecule has 0 bridgehead atoms. The monoisotopic (exact) mass is 111 g/mol. The minimum Gasteiger partial charge on any atom is -0.361 e. The van der Waals surface area contributed by atoms with Crippen molar-refractivity contribution in [2.75, 3.05) is 0 Å². The van der Waals surface area contributed by atoms with Crippen LogP contribution in [0.4, 0.5) is 0 Å². The van der Waals surface area contributed by atoms with Crippen LogP contribution in [-0.4, -0.2) is 11.4 Å². The number of aryl methyl sites for hydroxylation is 1. The molecule has 0 N–H and O–H groups in total. The van der Waals surface area contributed by atoms with Crippen molar-refractivity contribution in [1.29, 1.82) is 0 Å². The molecule has 1 aromatic heterocycles. The maximum absolute atomic E-state index is 9.90. The van der Waals surface area contributed by atoms with E-state index in [1.165, 1.54) is 0 Å². The first kappa shape index (κ1) is 5.03. The van der Waals surface area contributed by atoms with E-state index in [1.54, 1.807) is 13.0 Å². The Balaban J connectivity index is 3.00. The summed E-state index contributed by atoms with van der Waals surface area (Å²) in [5.74, 6) is 0.659. The third-order valence-electron chi connectivity index (χ3n) is 0.767. The standard InChI is InChI=1S/C5H5NO2/c1-4-2-5(3-7)6-8-4/h2-3H,1H3. The van der Waals surface area contributed by atoms with Gasteiger partial charge in [-0.2, -0.15) is 0 Å². The Morgan fingerprint density at radius 1 is 1.88 bits per heavy atom. The van der Waals surface area contributed by atoms with E-state index < -0.39 is 0 Å². The molecule has 0 amide bonds. The summed E-state index contributed by atoms with van der Waals surface area (Å²) in [4.78, 5) is 9.90. The van der Waals surface area contributed by atoms with E-state index in [2.05, 4.69) is 9.68 Å². The first-order valence-electron chi connectivity index (χ1n) is 2.21. The van der Waals surface area contributed by atoms with Gasteiger partial charge >= 0.3 is 0 Å². The molecule has 1 rings (SSSR count). The summed E-state index contributed by atoms with van der Waals surface area (Å²) >= 11 is 0. The molecule has 0 unspecified atom stereocenters. The van der Waals surface area contributed by atoms with Crippen molar-refractivity contribution in [3.8, 4) is 0 Å². The van der Waals surface area contributed by atoms with Crippen LogP contribution < -0.4 is 0 Å². The van der Waals surface area contributed by atoms with Gasteiger partial charge in [0.1, 0.15) is 11.5 Å². The van der Waals surface area contributed by atoms with Gasteiger partial charge in [-0.15, -0.1) is 0 Å². The molecule has 0 spiro atoms. The lowest BCUT2D eigenvalue weighted by atomic mass is 10.4. The highest BCUT2D eigenvalue weighted by atomic mass is 16.5. The molecule has 0 radical (unpaired) electrons.